The van der Waals surface area contributed by atoms with Crippen molar-refractivity contribution in [2.45, 2.75) is 51.1 Å². The molecular weight excluding hydrogens is 268 g/mol. The Morgan fingerprint density at radius 2 is 1.95 bits per heavy atom. The van der Waals surface area contributed by atoms with Gasteiger partial charge in [0.05, 0.1) is 0 Å². The Labute approximate surface area is 124 Å². The number of carboxylic acids is 1. The van der Waals surface area contributed by atoms with Gasteiger partial charge in [-0.1, -0.05) is 12.8 Å². The molecule has 1 aliphatic carbocycles. The number of carbonyl (C=O) groups excluding carboxylic acids is 1. The first-order valence-corrected chi connectivity index (χ1v) is 7.84. The van der Waals surface area contributed by atoms with Gasteiger partial charge in [0.25, 0.3) is 5.91 Å². The van der Waals surface area contributed by atoms with Gasteiger partial charge in [-0.2, -0.15) is 0 Å². The zero-order valence-electron chi connectivity index (χ0n) is 12.2. The first-order chi connectivity index (χ1) is 10.2. The van der Waals surface area contributed by atoms with Crippen LogP contribution in [0.1, 0.15) is 49.0 Å². The van der Waals surface area contributed by atoms with Crippen LogP contribution in [0.3, 0.4) is 0 Å². The molecule has 0 aromatic carbocycles. The maximum Gasteiger partial charge on any atom is 0.323 e. The van der Waals surface area contributed by atoms with E-state index in [-0.39, 0.29) is 12.5 Å². The number of aromatic nitrogens is 1. The SMILES string of the molecule is O=C(O)Cn1cccc1C(=O)N1CCCC2CCCCC21. The molecule has 1 N–H and O–H groups in total. The van der Waals surface area contributed by atoms with Gasteiger partial charge in [0.2, 0.25) is 0 Å². The highest BCUT2D eigenvalue weighted by Gasteiger charge is 2.36. The average Bonchev–Trinajstić information content (AvgIpc) is 2.93. The van der Waals surface area contributed by atoms with Gasteiger partial charge in [-0.3, -0.25) is 9.59 Å². The fraction of sp³-hybridized carbons (Fsp3) is 0.625. The normalized spacial score (nSPS) is 25.4. The van der Waals surface area contributed by atoms with Crippen LogP contribution >= 0.6 is 0 Å². The minimum Gasteiger partial charge on any atom is -0.480 e. The summed E-state index contributed by atoms with van der Waals surface area (Å²) in [5.74, 6) is -0.286. The molecule has 1 aromatic heterocycles. The molecule has 2 atom stereocenters. The van der Waals surface area contributed by atoms with Crippen LogP contribution in [-0.4, -0.2) is 39.0 Å². The number of aliphatic carboxylic acids is 1. The number of carboxylic acid groups (broad SMARTS) is 1. The topological polar surface area (TPSA) is 62.5 Å². The largest absolute Gasteiger partial charge is 0.480 e. The van der Waals surface area contributed by atoms with Crippen LogP contribution in [0.5, 0.6) is 0 Å². The monoisotopic (exact) mass is 290 g/mol. The third kappa shape index (κ3) is 2.82. The summed E-state index contributed by atoms with van der Waals surface area (Å²) in [6.45, 7) is 0.647. The molecule has 114 valence electrons. The second kappa shape index (κ2) is 5.92. The molecule has 0 spiro atoms. The first-order valence-electron chi connectivity index (χ1n) is 7.84. The zero-order valence-corrected chi connectivity index (χ0v) is 12.2. The molecule has 0 bridgehead atoms. The lowest BCUT2D eigenvalue weighted by atomic mass is 9.78. The van der Waals surface area contributed by atoms with E-state index in [0.717, 1.165) is 19.4 Å². The Morgan fingerprint density at radius 1 is 1.19 bits per heavy atom. The number of piperidine rings is 1. The van der Waals surface area contributed by atoms with Crippen molar-refractivity contribution >= 4 is 11.9 Å². The summed E-state index contributed by atoms with van der Waals surface area (Å²) in [7, 11) is 0. The van der Waals surface area contributed by atoms with E-state index in [1.807, 2.05) is 4.90 Å². The van der Waals surface area contributed by atoms with Gasteiger partial charge in [-0.15, -0.1) is 0 Å². The van der Waals surface area contributed by atoms with Crippen LogP contribution in [0.15, 0.2) is 18.3 Å². The number of hydrogen-bond donors (Lipinski definition) is 1. The van der Waals surface area contributed by atoms with Crippen molar-refractivity contribution in [3.63, 3.8) is 0 Å². The number of carbonyl (C=O) groups is 2. The molecule has 2 heterocycles. The van der Waals surface area contributed by atoms with Crippen molar-refractivity contribution in [3.8, 4) is 0 Å². The van der Waals surface area contributed by atoms with Gasteiger partial charge >= 0.3 is 5.97 Å². The Hall–Kier alpha value is -1.78. The minimum absolute atomic E-state index is 0.00199. The lowest BCUT2D eigenvalue weighted by Gasteiger charge is -2.44. The fourth-order valence-corrected chi connectivity index (χ4v) is 3.92. The molecule has 1 aliphatic heterocycles. The predicted molar refractivity (Wildman–Crippen MR) is 78.1 cm³/mol. The number of rotatable bonds is 3. The van der Waals surface area contributed by atoms with E-state index in [9.17, 15) is 9.59 Å². The smallest absolute Gasteiger partial charge is 0.323 e. The second-order valence-electron chi connectivity index (χ2n) is 6.17. The van der Waals surface area contributed by atoms with E-state index in [0.29, 0.717) is 17.7 Å². The van der Waals surface area contributed by atoms with E-state index < -0.39 is 5.97 Å². The van der Waals surface area contributed by atoms with Crippen LogP contribution < -0.4 is 0 Å². The molecule has 1 saturated heterocycles. The number of amides is 1. The summed E-state index contributed by atoms with van der Waals surface area (Å²) in [6, 6.07) is 3.84. The van der Waals surface area contributed by atoms with Crippen LogP contribution in [0, 0.1) is 5.92 Å². The molecule has 21 heavy (non-hydrogen) atoms. The number of nitrogens with zero attached hydrogens (tertiary/aromatic N) is 2. The number of hydrogen-bond acceptors (Lipinski definition) is 2. The van der Waals surface area contributed by atoms with E-state index in [1.165, 1.54) is 30.3 Å². The van der Waals surface area contributed by atoms with Crippen LogP contribution in [-0.2, 0) is 11.3 Å². The molecule has 2 aliphatic rings. The van der Waals surface area contributed by atoms with Crippen LogP contribution in [0.4, 0.5) is 0 Å². The van der Waals surface area contributed by atoms with Gasteiger partial charge in [0.1, 0.15) is 12.2 Å². The van der Waals surface area contributed by atoms with Gasteiger partial charge < -0.3 is 14.6 Å². The predicted octanol–water partition coefficient (Wildman–Crippen LogP) is 2.37. The summed E-state index contributed by atoms with van der Waals surface area (Å²) in [6.07, 6.45) is 8.75. The average molecular weight is 290 g/mol. The molecular formula is C16H22N2O3. The van der Waals surface area contributed by atoms with Crippen molar-refractivity contribution in [1.82, 2.24) is 9.47 Å². The molecule has 2 unspecified atom stereocenters. The minimum atomic E-state index is -0.922. The van der Waals surface area contributed by atoms with E-state index in [4.69, 9.17) is 5.11 Å². The molecule has 1 aromatic rings. The summed E-state index contributed by atoms with van der Waals surface area (Å²) in [5.41, 5.74) is 0.503. The van der Waals surface area contributed by atoms with E-state index >= 15 is 0 Å². The molecule has 2 fully saturated rings. The highest BCUT2D eigenvalue weighted by atomic mass is 16.4. The maximum atomic E-state index is 12.8. The molecule has 5 nitrogen and oxygen atoms in total. The molecule has 0 radical (unpaired) electrons. The Morgan fingerprint density at radius 3 is 2.76 bits per heavy atom. The van der Waals surface area contributed by atoms with Crippen molar-refractivity contribution in [1.29, 1.82) is 0 Å². The summed E-state index contributed by atoms with van der Waals surface area (Å²) in [4.78, 5) is 25.7. The van der Waals surface area contributed by atoms with Gasteiger partial charge in [0.15, 0.2) is 0 Å². The highest BCUT2D eigenvalue weighted by molar-refractivity contribution is 5.93. The Balaban J connectivity index is 1.80. The lowest BCUT2D eigenvalue weighted by Crippen LogP contribution is -2.50. The van der Waals surface area contributed by atoms with Gasteiger partial charge in [-0.05, 0) is 43.7 Å². The highest BCUT2D eigenvalue weighted by Crippen LogP contribution is 2.35. The standard InChI is InChI=1S/C16H22N2O3/c19-15(20)11-17-9-4-8-14(17)16(21)18-10-3-6-12-5-1-2-7-13(12)18/h4,8-9,12-13H,1-3,5-7,10-11H2,(H,19,20). The van der Waals surface area contributed by atoms with Gasteiger partial charge in [-0.25, -0.2) is 0 Å². The van der Waals surface area contributed by atoms with Crippen molar-refractivity contribution < 1.29 is 14.7 Å². The lowest BCUT2D eigenvalue weighted by molar-refractivity contribution is -0.137. The molecule has 5 heteroatoms. The third-order valence-corrected chi connectivity index (χ3v) is 4.86. The van der Waals surface area contributed by atoms with Crippen LogP contribution in [0.2, 0.25) is 0 Å². The van der Waals surface area contributed by atoms with Crippen molar-refractivity contribution in [2.24, 2.45) is 5.92 Å². The second-order valence-corrected chi connectivity index (χ2v) is 6.17. The number of fused-ring (bicyclic) bond motifs is 1. The molecule has 3 rings (SSSR count). The molecule has 1 saturated carbocycles. The quantitative estimate of drug-likeness (QED) is 0.929. The van der Waals surface area contributed by atoms with E-state index in [1.54, 1.807) is 18.3 Å². The summed E-state index contributed by atoms with van der Waals surface area (Å²) in [5, 5.41) is 8.94. The van der Waals surface area contributed by atoms with Crippen molar-refractivity contribution in [2.75, 3.05) is 6.54 Å². The Bertz CT molecular complexity index is 535. The summed E-state index contributed by atoms with van der Waals surface area (Å²) < 4.78 is 1.54. The van der Waals surface area contributed by atoms with E-state index in [2.05, 4.69) is 0 Å². The third-order valence-electron chi connectivity index (χ3n) is 4.86. The number of likely N-dealkylation sites (tertiary alicyclic amines) is 1. The molecule has 1 amide bonds. The fourth-order valence-electron chi connectivity index (χ4n) is 3.92. The van der Waals surface area contributed by atoms with Gasteiger partial charge in [0, 0.05) is 18.8 Å². The van der Waals surface area contributed by atoms with Crippen LogP contribution in [0.25, 0.3) is 0 Å². The summed E-state index contributed by atoms with van der Waals surface area (Å²) >= 11 is 0. The zero-order chi connectivity index (χ0) is 14.8. The maximum absolute atomic E-state index is 12.8. The van der Waals surface area contributed by atoms with Crippen molar-refractivity contribution in [3.05, 3.63) is 24.0 Å². The Kier molecular flexibility index (Phi) is 3.99. The first kappa shape index (κ1) is 14.2.